The number of methoxy groups -OCH3 is 1. The lowest BCUT2D eigenvalue weighted by atomic mass is 9.94. The number of benzene rings is 3. The van der Waals surface area contributed by atoms with Gasteiger partial charge in [-0.3, -0.25) is 14.5 Å². The van der Waals surface area contributed by atoms with Crippen LogP contribution in [0.1, 0.15) is 40.8 Å². The number of ketones is 1. The van der Waals surface area contributed by atoms with E-state index >= 15 is 0 Å². The maximum absolute atomic E-state index is 13.6. The van der Waals surface area contributed by atoms with Crippen LogP contribution in [0.25, 0.3) is 16.8 Å². The molecule has 8 nitrogen and oxygen atoms in total. The van der Waals surface area contributed by atoms with Crippen molar-refractivity contribution in [2.75, 3.05) is 12.0 Å². The Bertz CT molecular complexity index is 1630. The van der Waals surface area contributed by atoms with E-state index in [-0.39, 0.29) is 23.4 Å². The lowest BCUT2D eigenvalue weighted by molar-refractivity contribution is -0.132. The molecule has 1 saturated heterocycles. The summed E-state index contributed by atoms with van der Waals surface area (Å²) in [5, 5.41) is 11.5. The van der Waals surface area contributed by atoms with Crippen molar-refractivity contribution in [1.29, 1.82) is 0 Å². The van der Waals surface area contributed by atoms with Crippen molar-refractivity contribution in [3.05, 3.63) is 88.0 Å². The molecule has 2 unspecified atom stereocenters. The predicted octanol–water partition coefficient (Wildman–Crippen LogP) is 5.14. The molecule has 8 heteroatoms. The third kappa shape index (κ3) is 3.72. The van der Waals surface area contributed by atoms with Crippen molar-refractivity contribution in [2.45, 2.75) is 39.3 Å². The number of imidazole rings is 1. The number of ether oxygens (including phenoxy) is 2. The lowest BCUT2D eigenvalue weighted by Gasteiger charge is -2.23. The second-order valence-electron chi connectivity index (χ2n) is 9.91. The van der Waals surface area contributed by atoms with Gasteiger partial charge in [-0.1, -0.05) is 12.1 Å². The van der Waals surface area contributed by atoms with E-state index < -0.39 is 17.7 Å². The zero-order chi connectivity index (χ0) is 26.7. The van der Waals surface area contributed by atoms with Crippen LogP contribution in [0.4, 0.5) is 5.95 Å². The lowest BCUT2D eigenvalue weighted by Crippen LogP contribution is -2.30. The number of H-pyrrole nitrogens is 1. The van der Waals surface area contributed by atoms with Gasteiger partial charge in [0, 0.05) is 12.0 Å². The number of aryl methyl sites for hydroxylation is 2. The second-order valence-corrected chi connectivity index (χ2v) is 9.91. The highest BCUT2D eigenvalue weighted by Gasteiger charge is 2.48. The Hall–Kier alpha value is -4.59. The van der Waals surface area contributed by atoms with Gasteiger partial charge in [0.25, 0.3) is 5.78 Å². The first-order chi connectivity index (χ1) is 18.2. The van der Waals surface area contributed by atoms with E-state index in [2.05, 4.69) is 9.97 Å². The quantitative estimate of drug-likeness (QED) is 0.224. The van der Waals surface area contributed by atoms with E-state index in [1.807, 2.05) is 39.0 Å². The van der Waals surface area contributed by atoms with Crippen LogP contribution in [0.3, 0.4) is 0 Å². The summed E-state index contributed by atoms with van der Waals surface area (Å²) in [5.74, 6) is -0.253. The molecule has 1 amide bonds. The molecule has 2 aliphatic rings. The van der Waals surface area contributed by atoms with E-state index in [1.165, 1.54) is 4.90 Å². The average Bonchev–Trinajstić information content (AvgIpc) is 3.56. The topological polar surface area (TPSA) is 105 Å². The fourth-order valence-electron chi connectivity index (χ4n) is 5.27. The number of hydrogen-bond donors (Lipinski definition) is 2. The van der Waals surface area contributed by atoms with Gasteiger partial charge in [0.15, 0.2) is 0 Å². The van der Waals surface area contributed by atoms with Crippen LogP contribution in [-0.4, -0.2) is 40.0 Å². The fourth-order valence-corrected chi connectivity index (χ4v) is 5.27. The molecule has 0 radical (unpaired) electrons. The van der Waals surface area contributed by atoms with E-state index in [1.54, 1.807) is 43.5 Å². The Labute approximate surface area is 219 Å². The molecule has 0 saturated carbocycles. The monoisotopic (exact) mass is 509 g/mol. The van der Waals surface area contributed by atoms with Crippen LogP contribution in [0.15, 0.2) is 60.2 Å². The van der Waals surface area contributed by atoms with Crippen LogP contribution in [-0.2, 0) is 16.0 Å². The summed E-state index contributed by atoms with van der Waals surface area (Å²) < 4.78 is 11.2. The molecule has 6 rings (SSSR count). The largest absolute Gasteiger partial charge is 0.507 e. The fraction of sp³-hybridized carbons (Fsp3) is 0.233. The van der Waals surface area contributed by atoms with Crippen molar-refractivity contribution in [2.24, 2.45) is 0 Å². The molecule has 2 aliphatic heterocycles. The number of fused-ring (bicyclic) bond motifs is 2. The van der Waals surface area contributed by atoms with Gasteiger partial charge >= 0.3 is 5.91 Å². The number of carbonyl (C=O) groups is 2. The summed E-state index contributed by atoms with van der Waals surface area (Å²) in [5.41, 5.74) is 5.56. The number of amides is 1. The van der Waals surface area contributed by atoms with Gasteiger partial charge in [-0.05, 0) is 85.5 Å². The number of aliphatic hydroxyl groups excluding tert-OH is 1. The van der Waals surface area contributed by atoms with E-state index in [0.717, 1.165) is 28.0 Å². The van der Waals surface area contributed by atoms with Crippen LogP contribution in [0, 0.1) is 13.8 Å². The van der Waals surface area contributed by atoms with Gasteiger partial charge in [-0.25, -0.2) is 4.98 Å². The zero-order valence-corrected chi connectivity index (χ0v) is 21.5. The minimum atomic E-state index is -0.920. The number of aliphatic hydroxyl groups is 1. The third-order valence-electron chi connectivity index (χ3n) is 7.34. The Morgan fingerprint density at radius 2 is 1.89 bits per heavy atom. The first kappa shape index (κ1) is 23.8. The summed E-state index contributed by atoms with van der Waals surface area (Å²) in [6, 6.07) is 15.4. The summed E-state index contributed by atoms with van der Waals surface area (Å²) in [6.45, 7) is 5.97. The maximum atomic E-state index is 13.6. The highest BCUT2D eigenvalue weighted by molar-refractivity contribution is 6.51. The molecule has 0 bridgehead atoms. The number of anilines is 1. The minimum Gasteiger partial charge on any atom is -0.507 e. The molecule has 3 aromatic carbocycles. The summed E-state index contributed by atoms with van der Waals surface area (Å²) >= 11 is 0. The number of nitrogens with zero attached hydrogens (tertiary/aromatic N) is 2. The van der Waals surface area contributed by atoms with Crippen molar-refractivity contribution < 1.29 is 24.2 Å². The molecule has 2 atom stereocenters. The second kappa shape index (κ2) is 8.76. The highest BCUT2D eigenvalue weighted by Crippen LogP contribution is 2.43. The first-order valence-corrected chi connectivity index (χ1v) is 12.5. The molecular formula is C30H27N3O5. The van der Waals surface area contributed by atoms with Crippen LogP contribution in [0.2, 0.25) is 0 Å². The average molecular weight is 510 g/mol. The Balaban J connectivity index is 1.55. The number of aromatic nitrogens is 2. The normalized spacial score (nSPS) is 20.2. The van der Waals surface area contributed by atoms with Gasteiger partial charge in [-0.15, -0.1) is 0 Å². The molecule has 38 heavy (non-hydrogen) atoms. The highest BCUT2D eigenvalue weighted by atomic mass is 16.5. The molecular weight excluding hydrogens is 482 g/mol. The van der Waals surface area contributed by atoms with Gasteiger partial charge in [0.1, 0.15) is 23.4 Å². The number of Topliss-reactive ketones (excluding diaryl/α,β-unsaturated/α-hetero) is 1. The molecule has 1 aromatic heterocycles. The van der Waals surface area contributed by atoms with Gasteiger partial charge < -0.3 is 19.6 Å². The summed E-state index contributed by atoms with van der Waals surface area (Å²) in [7, 11) is 1.55. The smallest absolute Gasteiger partial charge is 0.302 e. The molecule has 3 heterocycles. The number of nitrogens with one attached hydrogen (secondary N) is 1. The molecule has 1 fully saturated rings. The SMILES string of the molecule is COc1cccc(C2/C(=C(\O)c3ccc4c(c3)CC(C)O4)C(=O)C(=O)N2c2nc3cc(C)c(C)cc3[nH]2)c1. The van der Waals surface area contributed by atoms with E-state index in [4.69, 9.17) is 9.47 Å². The Morgan fingerprint density at radius 1 is 1.11 bits per heavy atom. The van der Waals surface area contributed by atoms with E-state index in [0.29, 0.717) is 28.8 Å². The van der Waals surface area contributed by atoms with Crippen LogP contribution in [0.5, 0.6) is 11.5 Å². The van der Waals surface area contributed by atoms with Crippen LogP contribution >= 0.6 is 0 Å². The number of aromatic amines is 1. The zero-order valence-electron chi connectivity index (χ0n) is 21.5. The number of carbonyl (C=O) groups excluding carboxylic acids is 2. The van der Waals surface area contributed by atoms with Gasteiger partial charge in [0.05, 0.1) is 29.8 Å². The number of hydrogen-bond acceptors (Lipinski definition) is 6. The van der Waals surface area contributed by atoms with Gasteiger partial charge in [0.2, 0.25) is 5.95 Å². The Kier molecular flexibility index (Phi) is 5.48. The molecule has 0 aliphatic carbocycles. The minimum absolute atomic E-state index is 0.0111. The van der Waals surface area contributed by atoms with E-state index in [9.17, 15) is 14.7 Å². The third-order valence-corrected chi connectivity index (χ3v) is 7.34. The molecule has 192 valence electrons. The van der Waals surface area contributed by atoms with Crippen molar-refractivity contribution in [3.8, 4) is 11.5 Å². The summed E-state index contributed by atoms with van der Waals surface area (Å²) in [6.07, 6.45) is 0.729. The molecule has 4 aromatic rings. The molecule has 0 spiro atoms. The van der Waals surface area contributed by atoms with Crippen molar-refractivity contribution in [3.63, 3.8) is 0 Å². The van der Waals surface area contributed by atoms with Crippen LogP contribution < -0.4 is 14.4 Å². The van der Waals surface area contributed by atoms with Crippen molar-refractivity contribution in [1.82, 2.24) is 9.97 Å². The predicted molar refractivity (Wildman–Crippen MR) is 144 cm³/mol. The standard InChI is InChI=1S/C30H27N3O5/c1-15-10-22-23(11-16(15)2)32-30(31-22)33-26(18-6-5-7-21(14-18)37-4)25(28(35)29(33)36)27(34)19-8-9-24-20(13-19)12-17(3)38-24/h5-11,13-14,17,26,34H,12H2,1-4H3,(H,31,32)/b27-25+. The summed E-state index contributed by atoms with van der Waals surface area (Å²) in [4.78, 5) is 36.3. The van der Waals surface area contributed by atoms with Gasteiger partial charge in [-0.2, -0.15) is 0 Å². The Morgan fingerprint density at radius 3 is 2.68 bits per heavy atom. The van der Waals surface area contributed by atoms with Crippen molar-refractivity contribution >= 4 is 34.4 Å². The molecule has 2 N–H and O–H groups in total. The first-order valence-electron chi connectivity index (χ1n) is 12.5. The maximum Gasteiger partial charge on any atom is 0.302 e. The number of rotatable bonds is 4.